The maximum atomic E-state index is 9.52. The second kappa shape index (κ2) is 4.27. The van der Waals surface area contributed by atoms with Crippen molar-refractivity contribution in [3.05, 3.63) is 29.3 Å². The highest BCUT2D eigenvalue weighted by atomic mass is 16.3. The maximum absolute atomic E-state index is 9.52. The highest BCUT2D eigenvalue weighted by Crippen LogP contribution is 2.40. The standard InChI is InChI=1S/C16H23NO/c1-16(2)8-7-12(10-16)17-15-6-3-11-9-13(18)4-5-14(11)15/h4-5,9,12,15,17-18H,3,6-8,10H2,1-2H3. The summed E-state index contributed by atoms with van der Waals surface area (Å²) in [7, 11) is 0. The number of fused-ring (bicyclic) bond motifs is 1. The van der Waals surface area contributed by atoms with Crippen LogP contribution in [0, 0.1) is 5.41 Å². The van der Waals surface area contributed by atoms with E-state index < -0.39 is 0 Å². The Kier molecular flexibility index (Phi) is 2.86. The van der Waals surface area contributed by atoms with Crippen LogP contribution < -0.4 is 5.32 Å². The van der Waals surface area contributed by atoms with E-state index in [1.54, 1.807) is 0 Å². The number of phenolic OH excluding ortho intramolecular Hbond substituents is 1. The number of nitrogens with one attached hydrogen (secondary N) is 1. The van der Waals surface area contributed by atoms with Gasteiger partial charge in [-0.05, 0) is 60.8 Å². The van der Waals surface area contributed by atoms with Crippen molar-refractivity contribution in [1.29, 1.82) is 0 Å². The van der Waals surface area contributed by atoms with Gasteiger partial charge in [0, 0.05) is 12.1 Å². The van der Waals surface area contributed by atoms with Crippen LogP contribution in [0.25, 0.3) is 0 Å². The molecule has 3 rings (SSSR count). The molecule has 1 fully saturated rings. The van der Waals surface area contributed by atoms with Crippen molar-refractivity contribution in [3.63, 3.8) is 0 Å². The predicted molar refractivity (Wildman–Crippen MR) is 73.7 cm³/mol. The molecule has 2 atom stereocenters. The Balaban J connectivity index is 1.70. The van der Waals surface area contributed by atoms with Crippen LogP contribution in [0.1, 0.15) is 56.7 Å². The van der Waals surface area contributed by atoms with Crippen LogP contribution in [0.15, 0.2) is 18.2 Å². The van der Waals surface area contributed by atoms with Crippen molar-refractivity contribution in [2.45, 2.75) is 58.0 Å². The first-order chi connectivity index (χ1) is 8.53. The third kappa shape index (κ3) is 2.26. The monoisotopic (exact) mass is 245 g/mol. The number of phenols is 1. The molecule has 0 radical (unpaired) electrons. The molecular weight excluding hydrogens is 222 g/mol. The summed E-state index contributed by atoms with van der Waals surface area (Å²) in [5, 5.41) is 13.3. The van der Waals surface area contributed by atoms with E-state index >= 15 is 0 Å². The molecule has 2 N–H and O–H groups in total. The molecule has 0 amide bonds. The smallest absolute Gasteiger partial charge is 0.115 e. The van der Waals surface area contributed by atoms with Crippen molar-refractivity contribution < 1.29 is 5.11 Å². The van der Waals surface area contributed by atoms with Gasteiger partial charge in [-0.15, -0.1) is 0 Å². The summed E-state index contributed by atoms with van der Waals surface area (Å²) in [6.07, 6.45) is 6.20. The summed E-state index contributed by atoms with van der Waals surface area (Å²) < 4.78 is 0. The van der Waals surface area contributed by atoms with Gasteiger partial charge in [0.2, 0.25) is 0 Å². The van der Waals surface area contributed by atoms with Crippen molar-refractivity contribution in [1.82, 2.24) is 5.32 Å². The lowest BCUT2D eigenvalue weighted by Gasteiger charge is -2.22. The summed E-state index contributed by atoms with van der Waals surface area (Å²) >= 11 is 0. The fraction of sp³-hybridized carbons (Fsp3) is 0.625. The Bertz CT molecular complexity index is 452. The number of aromatic hydroxyl groups is 1. The van der Waals surface area contributed by atoms with E-state index in [-0.39, 0.29) is 0 Å². The van der Waals surface area contributed by atoms with Crippen molar-refractivity contribution in [2.24, 2.45) is 5.41 Å². The number of aryl methyl sites for hydroxylation is 1. The molecule has 98 valence electrons. The lowest BCUT2D eigenvalue weighted by atomic mass is 9.91. The Labute approximate surface area is 109 Å². The Morgan fingerprint density at radius 3 is 2.83 bits per heavy atom. The molecule has 2 unspecified atom stereocenters. The minimum Gasteiger partial charge on any atom is -0.508 e. The first kappa shape index (κ1) is 12.0. The molecule has 18 heavy (non-hydrogen) atoms. The first-order valence-corrected chi connectivity index (χ1v) is 7.11. The van der Waals surface area contributed by atoms with Crippen LogP contribution >= 0.6 is 0 Å². The van der Waals surface area contributed by atoms with Gasteiger partial charge in [-0.25, -0.2) is 0 Å². The largest absolute Gasteiger partial charge is 0.508 e. The lowest BCUT2D eigenvalue weighted by Crippen LogP contribution is -2.30. The van der Waals surface area contributed by atoms with Gasteiger partial charge in [0.15, 0.2) is 0 Å². The van der Waals surface area contributed by atoms with Gasteiger partial charge in [-0.1, -0.05) is 19.9 Å². The van der Waals surface area contributed by atoms with Gasteiger partial charge in [-0.2, -0.15) is 0 Å². The minimum absolute atomic E-state index is 0.399. The van der Waals surface area contributed by atoms with Crippen molar-refractivity contribution >= 4 is 0 Å². The Morgan fingerprint density at radius 2 is 2.11 bits per heavy atom. The Morgan fingerprint density at radius 1 is 1.28 bits per heavy atom. The SMILES string of the molecule is CC1(C)CCC(NC2CCc3cc(O)ccc32)C1. The van der Waals surface area contributed by atoms with Crippen LogP contribution in [0.2, 0.25) is 0 Å². The van der Waals surface area contributed by atoms with Gasteiger partial charge in [0.05, 0.1) is 0 Å². The molecule has 2 aliphatic carbocycles. The van der Waals surface area contributed by atoms with Gasteiger partial charge in [-0.3, -0.25) is 0 Å². The summed E-state index contributed by atoms with van der Waals surface area (Å²) in [4.78, 5) is 0. The number of hydrogen-bond donors (Lipinski definition) is 2. The highest BCUT2D eigenvalue weighted by Gasteiger charge is 2.33. The zero-order valence-corrected chi connectivity index (χ0v) is 11.4. The summed E-state index contributed by atoms with van der Waals surface area (Å²) in [5.74, 6) is 0.399. The van der Waals surface area contributed by atoms with Crippen LogP contribution in [0.5, 0.6) is 5.75 Å². The average Bonchev–Trinajstić information content (AvgIpc) is 2.83. The zero-order valence-electron chi connectivity index (χ0n) is 11.4. The summed E-state index contributed by atoms with van der Waals surface area (Å²) in [6, 6.07) is 7.01. The number of rotatable bonds is 2. The predicted octanol–water partition coefficient (Wildman–Crippen LogP) is 3.55. The molecular formula is C16H23NO. The lowest BCUT2D eigenvalue weighted by molar-refractivity contribution is 0.352. The fourth-order valence-electron chi connectivity index (χ4n) is 3.64. The minimum atomic E-state index is 0.399. The van der Waals surface area contributed by atoms with Gasteiger partial charge >= 0.3 is 0 Å². The molecule has 0 aliphatic heterocycles. The van der Waals surface area contributed by atoms with E-state index in [9.17, 15) is 5.11 Å². The molecule has 0 heterocycles. The molecule has 0 saturated heterocycles. The van der Waals surface area contributed by atoms with Gasteiger partial charge in [0.1, 0.15) is 5.75 Å². The number of hydrogen-bond acceptors (Lipinski definition) is 2. The molecule has 2 nitrogen and oxygen atoms in total. The van der Waals surface area contributed by atoms with Crippen LogP contribution in [-0.4, -0.2) is 11.1 Å². The topological polar surface area (TPSA) is 32.3 Å². The van der Waals surface area contributed by atoms with E-state index in [4.69, 9.17) is 0 Å². The molecule has 2 aliphatic rings. The van der Waals surface area contributed by atoms with Gasteiger partial charge < -0.3 is 10.4 Å². The van der Waals surface area contributed by atoms with E-state index in [1.165, 1.54) is 36.8 Å². The van der Waals surface area contributed by atoms with Crippen molar-refractivity contribution in [2.75, 3.05) is 0 Å². The zero-order chi connectivity index (χ0) is 12.8. The third-order valence-corrected chi connectivity index (χ3v) is 4.61. The maximum Gasteiger partial charge on any atom is 0.115 e. The number of benzene rings is 1. The average molecular weight is 245 g/mol. The highest BCUT2D eigenvalue weighted by molar-refractivity contribution is 5.40. The first-order valence-electron chi connectivity index (χ1n) is 7.11. The fourth-order valence-corrected chi connectivity index (χ4v) is 3.64. The third-order valence-electron chi connectivity index (χ3n) is 4.61. The molecule has 0 aromatic heterocycles. The summed E-state index contributed by atoms with van der Waals surface area (Å²) in [5.41, 5.74) is 3.23. The van der Waals surface area contributed by atoms with E-state index in [1.807, 2.05) is 12.1 Å². The van der Waals surface area contributed by atoms with Crippen LogP contribution in [0.4, 0.5) is 0 Å². The summed E-state index contributed by atoms with van der Waals surface area (Å²) in [6.45, 7) is 4.74. The molecule has 1 aromatic carbocycles. The van der Waals surface area contributed by atoms with Crippen LogP contribution in [-0.2, 0) is 6.42 Å². The normalized spacial score (nSPS) is 29.4. The molecule has 1 saturated carbocycles. The van der Waals surface area contributed by atoms with Gasteiger partial charge in [0.25, 0.3) is 0 Å². The van der Waals surface area contributed by atoms with E-state index in [0.29, 0.717) is 23.2 Å². The molecule has 0 spiro atoms. The van der Waals surface area contributed by atoms with Crippen molar-refractivity contribution in [3.8, 4) is 5.75 Å². The van der Waals surface area contributed by atoms with Crippen LogP contribution in [0.3, 0.4) is 0 Å². The van der Waals surface area contributed by atoms with E-state index in [2.05, 4.69) is 25.2 Å². The second-order valence-corrected chi connectivity index (χ2v) is 6.74. The van der Waals surface area contributed by atoms with E-state index in [0.717, 1.165) is 6.42 Å². The second-order valence-electron chi connectivity index (χ2n) is 6.74. The Hall–Kier alpha value is -1.02. The quantitative estimate of drug-likeness (QED) is 0.835. The molecule has 1 aromatic rings. The molecule has 0 bridgehead atoms. The molecule has 2 heteroatoms.